The van der Waals surface area contributed by atoms with Crippen LogP contribution >= 0.6 is 11.8 Å². The van der Waals surface area contributed by atoms with Crippen LogP contribution in [0.4, 0.5) is 0 Å². The van der Waals surface area contributed by atoms with Crippen LogP contribution in [0.1, 0.15) is 45.6 Å². The molecule has 0 N–H and O–H groups in total. The van der Waals surface area contributed by atoms with Gasteiger partial charge in [0.05, 0.1) is 11.9 Å². The normalized spacial score (nSPS) is 13.6. The van der Waals surface area contributed by atoms with Crippen molar-refractivity contribution < 1.29 is 9.47 Å². The van der Waals surface area contributed by atoms with Crippen molar-refractivity contribution in [2.75, 3.05) is 5.75 Å². The molecule has 0 aliphatic rings. The van der Waals surface area contributed by atoms with Crippen molar-refractivity contribution in [3.63, 3.8) is 0 Å². The van der Waals surface area contributed by atoms with Gasteiger partial charge in [0, 0.05) is 4.90 Å². The van der Waals surface area contributed by atoms with Gasteiger partial charge in [-0.1, -0.05) is 56.3 Å². The second-order valence-electron chi connectivity index (χ2n) is 7.43. The summed E-state index contributed by atoms with van der Waals surface area (Å²) in [5.41, 5.74) is 1.35. The molecule has 0 heterocycles. The lowest BCUT2D eigenvalue weighted by molar-refractivity contribution is -0.0918. The highest BCUT2D eigenvalue weighted by Gasteiger charge is 2.14. The van der Waals surface area contributed by atoms with Crippen LogP contribution in [0.2, 0.25) is 0 Å². The molecule has 0 aromatic heterocycles. The van der Waals surface area contributed by atoms with Crippen molar-refractivity contribution in [2.24, 2.45) is 0 Å². The molecular weight excluding hydrogens is 364 g/mol. The van der Waals surface area contributed by atoms with Gasteiger partial charge in [0.1, 0.15) is 5.75 Å². The Morgan fingerprint density at radius 3 is 2.25 bits per heavy atom. The first-order chi connectivity index (χ1) is 13.5. The van der Waals surface area contributed by atoms with Crippen molar-refractivity contribution in [1.29, 1.82) is 0 Å². The fourth-order valence-electron chi connectivity index (χ4n) is 3.09. The molecule has 0 amide bonds. The molecule has 0 spiro atoms. The van der Waals surface area contributed by atoms with Crippen LogP contribution in [0, 0.1) is 0 Å². The van der Waals surface area contributed by atoms with E-state index in [0.29, 0.717) is 5.92 Å². The van der Waals surface area contributed by atoms with E-state index in [1.54, 1.807) is 11.8 Å². The maximum atomic E-state index is 6.16. The molecule has 0 saturated heterocycles. The third-order valence-corrected chi connectivity index (χ3v) is 5.89. The first-order valence-electron chi connectivity index (χ1n) is 10.1. The summed E-state index contributed by atoms with van der Waals surface area (Å²) in [6.07, 6.45) is 0.967. The topological polar surface area (TPSA) is 18.5 Å². The second-order valence-corrected chi connectivity index (χ2v) is 8.52. The van der Waals surface area contributed by atoms with Crippen molar-refractivity contribution in [3.05, 3.63) is 72.3 Å². The lowest BCUT2D eigenvalue weighted by Crippen LogP contribution is -2.26. The van der Waals surface area contributed by atoms with Crippen molar-refractivity contribution in [1.82, 2.24) is 0 Å². The van der Waals surface area contributed by atoms with Gasteiger partial charge in [0.25, 0.3) is 0 Å². The van der Waals surface area contributed by atoms with E-state index < -0.39 is 0 Å². The van der Waals surface area contributed by atoms with Gasteiger partial charge in [0.2, 0.25) is 6.29 Å². The number of rotatable bonds is 9. The summed E-state index contributed by atoms with van der Waals surface area (Å²) in [6.45, 7) is 8.55. The maximum absolute atomic E-state index is 6.16. The number of benzene rings is 3. The standard InChI is InChI=1S/C25H30O2S/c1-5-19(4)20-10-13-23(14-11-20)27-25(26-18(2)3)17-28-24-15-12-21-8-6-7-9-22(21)16-24/h6-16,18-19,25H,5,17H2,1-4H3. The van der Waals surface area contributed by atoms with E-state index in [1.165, 1.54) is 21.2 Å². The minimum absolute atomic E-state index is 0.113. The molecule has 0 fully saturated rings. The zero-order valence-corrected chi connectivity index (χ0v) is 18.0. The summed E-state index contributed by atoms with van der Waals surface area (Å²) >= 11 is 1.77. The van der Waals surface area contributed by atoms with E-state index >= 15 is 0 Å². The van der Waals surface area contributed by atoms with Crippen LogP contribution in [-0.4, -0.2) is 18.1 Å². The van der Waals surface area contributed by atoms with Crippen molar-refractivity contribution in [3.8, 4) is 5.75 Å². The molecule has 2 nitrogen and oxygen atoms in total. The Labute approximate surface area is 173 Å². The van der Waals surface area contributed by atoms with E-state index in [9.17, 15) is 0 Å². The first-order valence-corrected chi connectivity index (χ1v) is 11.1. The van der Waals surface area contributed by atoms with Gasteiger partial charge in [-0.2, -0.15) is 0 Å². The number of fused-ring (bicyclic) bond motifs is 1. The summed E-state index contributed by atoms with van der Waals surface area (Å²) in [7, 11) is 0. The average molecular weight is 395 g/mol. The molecule has 2 atom stereocenters. The molecular formula is C25H30O2S. The maximum Gasteiger partial charge on any atom is 0.209 e. The summed E-state index contributed by atoms with van der Waals surface area (Å²) in [6, 6.07) is 23.4. The Hall–Kier alpha value is -1.97. The molecule has 3 aromatic rings. The molecule has 28 heavy (non-hydrogen) atoms. The van der Waals surface area contributed by atoms with Gasteiger partial charge in [-0.25, -0.2) is 0 Å². The summed E-state index contributed by atoms with van der Waals surface area (Å²) in [5, 5.41) is 2.52. The molecule has 0 radical (unpaired) electrons. The number of hydrogen-bond donors (Lipinski definition) is 0. The molecule has 3 heteroatoms. The zero-order valence-electron chi connectivity index (χ0n) is 17.2. The van der Waals surface area contributed by atoms with Crippen LogP contribution in [0.15, 0.2) is 71.6 Å². The van der Waals surface area contributed by atoms with E-state index in [2.05, 4.69) is 80.6 Å². The van der Waals surface area contributed by atoms with Crippen molar-refractivity contribution >= 4 is 22.5 Å². The molecule has 0 aliphatic carbocycles. The predicted octanol–water partition coefficient (Wildman–Crippen LogP) is 7.28. The third kappa shape index (κ3) is 5.76. The lowest BCUT2D eigenvalue weighted by atomic mass is 9.99. The Morgan fingerprint density at radius 2 is 1.57 bits per heavy atom. The molecule has 0 aliphatic heterocycles. The predicted molar refractivity (Wildman–Crippen MR) is 120 cm³/mol. The van der Waals surface area contributed by atoms with E-state index in [0.717, 1.165) is 17.9 Å². The van der Waals surface area contributed by atoms with E-state index in [1.807, 2.05) is 13.8 Å². The van der Waals surface area contributed by atoms with Gasteiger partial charge >= 0.3 is 0 Å². The van der Waals surface area contributed by atoms with E-state index in [-0.39, 0.29) is 12.4 Å². The Kier molecular flexibility index (Phi) is 7.41. The van der Waals surface area contributed by atoms with Gasteiger partial charge in [-0.05, 0) is 66.8 Å². The quantitative estimate of drug-likeness (QED) is 0.281. The first kappa shape index (κ1) is 20.8. The van der Waals surface area contributed by atoms with Crippen LogP contribution < -0.4 is 4.74 Å². The highest BCUT2D eigenvalue weighted by molar-refractivity contribution is 7.99. The lowest BCUT2D eigenvalue weighted by Gasteiger charge is -2.22. The largest absolute Gasteiger partial charge is 0.464 e. The third-order valence-electron chi connectivity index (χ3n) is 4.86. The molecule has 3 aromatic carbocycles. The average Bonchev–Trinajstić information content (AvgIpc) is 2.71. The van der Waals surface area contributed by atoms with Crippen LogP contribution in [-0.2, 0) is 4.74 Å². The molecule has 0 bridgehead atoms. The van der Waals surface area contributed by atoms with Crippen LogP contribution in [0.5, 0.6) is 5.75 Å². The molecule has 3 rings (SSSR count). The fourth-order valence-corrected chi connectivity index (χ4v) is 3.94. The summed E-state index contributed by atoms with van der Waals surface area (Å²) in [5.74, 6) is 2.17. The minimum Gasteiger partial charge on any atom is -0.464 e. The summed E-state index contributed by atoms with van der Waals surface area (Å²) < 4.78 is 12.2. The summed E-state index contributed by atoms with van der Waals surface area (Å²) in [4.78, 5) is 1.23. The fraction of sp³-hybridized carbons (Fsp3) is 0.360. The van der Waals surface area contributed by atoms with Gasteiger partial charge in [0.15, 0.2) is 0 Å². The zero-order chi connectivity index (χ0) is 19.9. The highest BCUT2D eigenvalue weighted by atomic mass is 32.2. The van der Waals surface area contributed by atoms with E-state index in [4.69, 9.17) is 9.47 Å². The smallest absolute Gasteiger partial charge is 0.209 e. The molecule has 0 saturated carbocycles. The second kappa shape index (κ2) is 9.99. The van der Waals surface area contributed by atoms with Crippen molar-refractivity contribution in [2.45, 2.75) is 57.3 Å². The number of hydrogen-bond acceptors (Lipinski definition) is 3. The Bertz CT molecular complexity index is 873. The molecule has 148 valence electrons. The van der Waals surface area contributed by atoms with Gasteiger partial charge in [-0.3, -0.25) is 0 Å². The highest BCUT2D eigenvalue weighted by Crippen LogP contribution is 2.27. The van der Waals surface area contributed by atoms with Crippen LogP contribution in [0.25, 0.3) is 10.8 Å². The number of ether oxygens (including phenoxy) is 2. The monoisotopic (exact) mass is 394 g/mol. The molecule has 2 unspecified atom stereocenters. The van der Waals surface area contributed by atoms with Gasteiger partial charge in [-0.15, -0.1) is 11.8 Å². The SMILES string of the molecule is CCC(C)c1ccc(OC(CSc2ccc3ccccc3c2)OC(C)C)cc1. The minimum atomic E-state index is -0.286. The van der Waals surface area contributed by atoms with Gasteiger partial charge < -0.3 is 9.47 Å². The Morgan fingerprint density at radius 1 is 0.857 bits per heavy atom. The Balaban J connectivity index is 1.65. The van der Waals surface area contributed by atoms with Crippen LogP contribution in [0.3, 0.4) is 0 Å². The number of thioether (sulfide) groups is 1.